The Labute approximate surface area is 64.0 Å². The molecule has 0 aromatic rings. The molecular formula is C10H16. The predicted octanol–water partition coefficient (Wildman–Crippen LogP) is 3.48. The quantitative estimate of drug-likeness (QED) is 0.510. The number of rotatable bonds is 2. The van der Waals surface area contributed by atoms with Crippen molar-refractivity contribution in [2.24, 2.45) is 0 Å². The van der Waals surface area contributed by atoms with Gasteiger partial charge >= 0.3 is 0 Å². The van der Waals surface area contributed by atoms with Crippen molar-refractivity contribution in [3.8, 4) is 0 Å². The fraction of sp³-hybridized carbons (Fsp3) is 0.400. The Bertz CT molecular complexity index is 180. The lowest BCUT2D eigenvalue weighted by atomic mass is 10.0. The second kappa shape index (κ2) is 4.10. The van der Waals surface area contributed by atoms with E-state index < -0.39 is 0 Å². The third kappa shape index (κ3) is 2.22. The van der Waals surface area contributed by atoms with Crippen LogP contribution in [0.5, 0.6) is 0 Å². The average molecular weight is 136 g/mol. The molecule has 0 atom stereocenters. The van der Waals surface area contributed by atoms with E-state index in [-0.39, 0.29) is 0 Å². The highest BCUT2D eigenvalue weighted by Crippen LogP contribution is 2.16. The first-order valence-electron chi connectivity index (χ1n) is 3.59. The molecule has 0 aliphatic carbocycles. The fourth-order valence-corrected chi connectivity index (χ4v) is 0.966. The molecule has 0 rings (SSSR count). The molecule has 0 N–H and O–H groups in total. The first kappa shape index (κ1) is 9.22. The lowest BCUT2D eigenvalue weighted by molar-refractivity contribution is 1.30. The molecule has 10 heavy (non-hydrogen) atoms. The van der Waals surface area contributed by atoms with Crippen LogP contribution in [0.15, 0.2) is 35.5 Å². The standard InChI is InChI=1S/C10H16/c1-6-9(5)10(7-2)8(3)4/h6-7H,3H2,1-2,4-5H3. The van der Waals surface area contributed by atoms with Gasteiger partial charge < -0.3 is 0 Å². The molecule has 0 amide bonds. The Morgan fingerprint density at radius 2 is 1.60 bits per heavy atom. The van der Waals surface area contributed by atoms with E-state index in [0.717, 1.165) is 5.57 Å². The van der Waals surface area contributed by atoms with Crippen molar-refractivity contribution in [2.75, 3.05) is 0 Å². The largest absolute Gasteiger partial charge is 0.0955 e. The topological polar surface area (TPSA) is 0 Å². The molecule has 56 valence electrons. The summed E-state index contributed by atoms with van der Waals surface area (Å²) in [6.07, 6.45) is 4.20. The third-order valence-corrected chi connectivity index (χ3v) is 1.61. The zero-order valence-corrected chi connectivity index (χ0v) is 7.36. The van der Waals surface area contributed by atoms with Gasteiger partial charge in [0.2, 0.25) is 0 Å². The molecule has 0 saturated heterocycles. The Balaban J connectivity index is 4.56. The molecular weight excluding hydrogens is 120 g/mol. The van der Waals surface area contributed by atoms with E-state index in [1.807, 2.05) is 20.8 Å². The lowest BCUT2D eigenvalue weighted by Crippen LogP contribution is -1.84. The molecule has 0 heteroatoms. The van der Waals surface area contributed by atoms with Crippen LogP contribution in [-0.4, -0.2) is 0 Å². The summed E-state index contributed by atoms with van der Waals surface area (Å²) in [6.45, 7) is 12.1. The molecule has 0 aliphatic rings. The summed E-state index contributed by atoms with van der Waals surface area (Å²) >= 11 is 0. The summed E-state index contributed by atoms with van der Waals surface area (Å²) in [5, 5.41) is 0. The van der Waals surface area contributed by atoms with E-state index in [2.05, 4.69) is 25.7 Å². The van der Waals surface area contributed by atoms with Gasteiger partial charge in [-0.1, -0.05) is 24.3 Å². The van der Waals surface area contributed by atoms with Gasteiger partial charge in [0.25, 0.3) is 0 Å². The molecule has 0 unspecified atom stereocenters. The van der Waals surface area contributed by atoms with Gasteiger partial charge in [-0.3, -0.25) is 0 Å². The van der Waals surface area contributed by atoms with Crippen LogP contribution in [0.2, 0.25) is 0 Å². The van der Waals surface area contributed by atoms with E-state index in [1.54, 1.807) is 0 Å². The number of hydrogen-bond donors (Lipinski definition) is 0. The molecule has 0 spiro atoms. The summed E-state index contributed by atoms with van der Waals surface area (Å²) in [6, 6.07) is 0. The molecule has 0 aliphatic heterocycles. The molecule has 0 saturated carbocycles. The monoisotopic (exact) mass is 136 g/mol. The molecule has 0 heterocycles. The van der Waals surface area contributed by atoms with Gasteiger partial charge in [0, 0.05) is 0 Å². The predicted molar refractivity (Wildman–Crippen MR) is 48.0 cm³/mol. The lowest BCUT2D eigenvalue weighted by Gasteiger charge is -2.04. The van der Waals surface area contributed by atoms with Crippen molar-refractivity contribution in [3.63, 3.8) is 0 Å². The average Bonchev–Trinajstić information content (AvgIpc) is 1.88. The van der Waals surface area contributed by atoms with Crippen molar-refractivity contribution in [3.05, 3.63) is 35.5 Å². The van der Waals surface area contributed by atoms with Gasteiger partial charge in [-0.05, 0) is 38.8 Å². The van der Waals surface area contributed by atoms with Gasteiger partial charge in [0.1, 0.15) is 0 Å². The highest BCUT2D eigenvalue weighted by Gasteiger charge is 1.96. The van der Waals surface area contributed by atoms with E-state index in [0.29, 0.717) is 0 Å². The minimum absolute atomic E-state index is 1.14. The molecule has 0 bridgehead atoms. The van der Waals surface area contributed by atoms with Crippen molar-refractivity contribution >= 4 is 0 Å². The highest BCUT2D eigenvalue weighted by atomic mass is 14.0. The van der Waals surface area contributed by atoms with Crippen LogP contribution in [-0.2, 0) is 0 Å². The van der Waals surface area contributed by atoms with E-state index in [4.69, 9.17) is 0 Å². The maximum Gasteiger partial charge on any atom is -0.0250 e. The summed E-state index contributed by atoms with van der Waals surface area (Å²) in [4.78, 5) is 0. The van der Waals surface area contributed by atoms with Crippen LogP contribution in [0.3, 0.4) is 0 Å². The number of allylic oxidation sites excluding steroid dienone is 5. The second-order valence-corrected chi connectivity index (χ2v) is 2.45. The van der Waals surface area contributed by atoms with Gasteiger partial charge in [-0.15, -0.1) is 0 Å². The Morgan fingerprint density at radius 3 is 1.70 bits per heavy atom. The number of hydrogen-bond acceptors (Lipinski definition) is 0. The Morgan fingerprint density at radius 1 is 1.10 bits per heavy atom. The normalized spacial score (nSPS) is 13.6. The molecule has 0 fully saturated rings. The maximum absolute atomic E-state index is 3.89. The van der Waals surface area contributed by atoms with Crippen molar-refractivity contribution in [1.29, 1.82) is 0 Å². The van der Waals surface area contributed by atoms with Crippen LogP contribution < -0.4 is 0 Å². The van der Waals surface area contributed by atoms with Crippen molar-refractivity contribution in [1.82, 2.24) is 0 Å². The van der Waals surface area contributed by atoms with Crippen LogP contribution in [0.25, 0.3) is 0 Å². The van der Waals surface area contributed by atoms with Crippen LogP contribution >= 0.6 is 0 Å². The molecule has 0 aromatic carbocycles. The van der Waals surface area contributed by atoms with E-state index in [1.165, 1.54) is 11.1 Å². The molecule has 0 aromatic heterocycles. The third-order valence-electron chi connectivity index (χ3n) is 1.61. The summed E-state index contributed by atoms with van der Waals surface area (Å²) < 4.78 is 0. The van der Waals surface area contributed by atoms with Crippen LogP contribution in [0.1, 0.15) is 27.7 Å². The van der Waals surface area contributed by atoms with E-state index in [9.17, 15) is 0 Å². The van der Waals surface area contributed by atoms with Gasteiger partial charge in [0.05, 0.1) is 0 Å². The maximum atomic E-state index is 3.89. The highest BCUT2D eigenvalue weighted by molar-refractivity contribution is 5.42. The zero-order valence-electron chi connectivity index (χ0n) is 7.36. The fourth-order valence-electron chi connectivity index (χ4n) is 0.966. The zero-order chi connectivity index (χ0) is 8.15. The van der Waals surface area contributed by atoms with Crippen molar-refractivity contribution in [2.45, 2.75) is 27.7 Å². The SMILES string of the molecule is C=C(C)C(=CC)C(C)=CC. The summed E-state index contributed by atoms with van der Waals surface area (Å²) in [5.74, 6) is 0. The summed E-state index contributed by atoms with van der Waals surface area (Å²) in [7, 11) is 0. The Hall–Kier alpha value is -0.780. The molecule has 0 radical (unpaired) electrons. The van der Waals surface area contributed by atoms with Gasteiger partial charge in [-0.25, -0.2) is 0 Å². The van der Waals surface area contributed by atoms with Crippen LogP contribution in [0.4, 0.5) is 0 Å². The second-order valence-electron chi connectivity index (χ2n) is 2.45. The van der Waals surface area contributed by atoms with Gasteiger partial charge in [0.15, 0.2) is 0 Å². The van der Waals surface area contributed by atoms with E-state index >= 15 is 0 Å². The minimum Gasteiger partial charge on any atom is -0.0955 e. The van der Waals surface area contributed by atoms with Gasteiger partial charge in [-0.2, -0.15) is 0 Å². The summed E-state index contributed by atoms with van der Waals surface area (Å²) in [5.41, 5.74) is 3.70. The minimum atomic E-state index is 1.14. The van der Waals surface area contributed by atoms with Crippen LogP contribution in [0, 0.1) is 0 Å². The smallest absolute Gasteiger partial charge is 0.0250 e. The first-order chi connectivity index (χ1) is 4.63. The van der Waals surface area contributed by atoms with Crippen molar-refractivity contribution < 1.29 is 0 Å². The Kier molecular flexibility index (Phi) is 3.78. The molecule has 0 nitrogen and oxygen atoms in total. The first-order valence-corrected chi connectivity index (χ1v) is 3.59.